The van der Waals surface area contributed by atoms with Gasteiger partial charge in [-0.15, -0.1) is 0 Å². The number of carbonyl (C=O) groups is 3. The van der Waals surface area contributed by atoms with E-state index in [9.17, 15) is 24.6 Å². The van der Waals surface area contributed by atoms with Gasteiger partial charge in [0.1, 0.15) is 0 Å². The van der Waals surface area contributed by atoms with Crippen molar-refractivity contribution in [3.8, 4) is 0 Å². The molecule has 1 N–H and O–H groups in total. The molecule has 15 heavy (non-hydrogen) atoms. The van der Waals surface area contributed by atoms with Gasteiger partial charge in [0.05, 0.1) is 18.5 Å². The molecule has 7 nitrogen and oxygen atoms in total. The molecule has 0 saturated heterocycles. The fraction of sp³-hybridized carbons (Fsp3) is 0.500. The van der Waals surface area contributed by atoms with Gasteiger partial charge in [-0.25, -0.2) is 0 Å². The molecule has 0 heterocycles. The number of carboxylic acid groups (broad SMARTS) is 3. The van der Waals surface area contributed by atoms with Crippen LogP contribution >= 0.6 is 0 Å². The minimum Gasteiger partial charge on any atom is -0.549 e. The molecule has 0 aliphatic rings. The zero-order valence-corrected chi connectivity index (χ0v) is 13.7. The Morgan fingerprint density at radius 2 is 1.33 bits per heavy atom. The summed E-state index contributed by atoms with van der Waals surface area (Å²) in [7, 11) is 0. The van der Waals surface area contributed by atoms with Crippen LogP contribution in [0.25, 0.3) is 0 Å². The van der Waals surface area contributed by atoms with E-state index in [4.69, 9.17) is 5.11 Å². The summed E-state index contributed by atoms with van der Waals surface area (Å²) >= 11 is 0. The van der Waals surface area contributed by atoms with Crippen molar-refractivity contribution >= 4 is 17.9 Å². The third kappa shape index (κ3) is 15.0. The van der Waals surface area contributed by atoms with E-state index in [1.165, 1.54) is 0 Å². The van der Waals surface area contributed by atoms with Crippen molar-refractivity contribution in [2.24, 2.45) is 0 Å². The minimum atomic E-state index is -1.54. The summed E-state index contributed by atoms with van der Waals surface area (Å²) in [6.07, 6.45) is 0. The van der Waals surface area contributed by atoms with Gasteiger partial charge in [-0.2, -0.15) is 0 Å². The number of nitrogens with zero attached hydrogens (tertiary/aromatic N) is 1. The van der Waals surface area contributed by atoms with E-state index in [0.717, 1.165) is 0 Å². The Kier molecular flexibility index (Phi) is 16.3. The number of carbonyl (C=O) groups excluding carboxylic acids is 2. The molecule has 0 aromatic rings. The second-order valence-electron chi connectivity index (χ2n) is 2.28. The van der Waals surface area contributed by atoms with Crippen LogP contribution in [-0.2, 0) is 14.4 Å². The zero-order valence-electron chi connectivity index (χ0n) is 8.56. The Bertz CT molecular complexity index is 198. The van der Waals surface area contributed by atoms with Crippen molar-refractivity contribution in [3.05, 3.63) is 0 Å². The molecule has 74 valence electrons. The Hall–Kier alpha value is 1.01. The average molecular weight is 251 g/mol. The summed E-state index contributed by atoms with van der Waals surface area (Å²) in [5, 5.41) is 28.3. The van der Waals surface area contributed by atoms with Crippen LogP contribution in [0, 0.1) is 0 Å². The van der Waals surface area contributed by atoms with Crippen LogP contribution in [0.2, 0.25) is 0 Å². The minimum absolute atomic E-state index is 0. The molecule has 0 aromatic carbocycles. The van der Waals surface area contributed by atoms with E-state index < -0.39 is 37.5 Å². The molecule has 0 fully saturated rings. The van der Waals surface area contributed by atoms with Gasteiger partial charge in [-0.3, -0.25) is 9.69 Å². The van der Waals surface area contributed by atoms with Crippen LogP contribution in [0.3, 0.4) is 0 Å². The van der Waals surface area contributed by atoms with Crippen molar-refractivity contribution in [3.63, 3.8) is 0 Å². The van der Waals surface area contributed by atoms with Crippen LogP contribution in [0.5, 0.6) is 0 Å². The van der Waals surface area contributed by atoms with Crippen LogP contribution in [0.15, 0.2) is 0 Å². The Labute approximate surface area is 151 Å². The molecular weight excluding hydrogens is 244 g/mol. The van der Waals surface area contributed by atoms with Crippen molar-refractivity contribution in [2.45, 2.75) is 0 Å². The molecule has 0 aliphatic heterocycles. The average Bonchev–Trinajstić information content (AvgIpc) is 1.80. The normalized spacial score (nSPS) is 8.60. The molecule has 0 spiro atoms. The van der Waals surface area contributed by atoms with Gasteiger partial charge in [0.15, 0.2) is 0 Å². The molecule has 0 unspecified atom stereocenters. The summed E-state index contributed by atoms with van der Waals surface area (Å²) < 4.78 is 0. The topological polar surface area (TPSA) is 121 Å². The summed E-state index contributed by atoms with van der Waals surface area (Å²) in [4.78, 5) is 30.8. The van der Waals surface area contributed by atoms with Gasteiger partial charge in [0.25, 0.3) is 0 Å². The number of hydrogen-bond donors (Lipinski definition) is 1. The summed E-state index contributed by atoms with van der Waals surface area (Å²) in [5.41, 5.74) is 0. The van der Waals surface area contributed by atoms with E-state index in [1.54, 1.807) is 0 Å². The predicted octanol–water partition coefficient (Wildman–Crippen LogP) is -10.1. The number of rotatable bonds is 6. The van der Waals surface area contributed by atoms with Gasteiger partial charge in [-0.1, -0.05) is 0 Å². The van der Waals surface area contributed by atoms with E-state index >= 15 is 0 Å². The summed E-state index contributed by atoms with van der Waals surface area (Å²) in [6, 6.07) is 0. The fourth-order valence-electron chi connectivity index (χ4n) is 0.724. The van der Waals surface area contributed by atoms with Crippen LogP contribution < -0.4 is 91.2 Å². The smallest absolute Gasteiger partial charge is 0.549 e. The monoisotopic (exact) mass is 251 g/mol. The van der Waals surface area contributed by atoms with Crippen LogP contribution in [0.1, 0.15) is 0 Å². The van der Waals surface area contributed by atoms with Crippen LogP contribution in [0.4, 0.5) is 0 Å². The van der Waals surface area contributed by atoms with Crippen molar-refractivity contribution in [1.82, 2.24) is 4.90 Å². The van der Waals surface area contributed by atoms with E-state index in [1.807, 2.05) is 0 Å². The third-order valence-electron chi connectivity index (χ3n) is 1.06. The van der Waals surface area contributed by atoms with Gasteiger partial charge in [0.2, 0.25) is 0 Å². The number of hydrogen-bond acceptors (Lipinski definition) is 6. The first kappa shape index (κ1) is 21.3. The quantitative estimate of drug-likeness (QED) is 0.465. The van der Waals surface area contributed by atoms with Crippen molar-refractivity contribution in [1.29, 1.82) is 0 Å². The Morgan fingerprint density at radius 1 is 1.00 bits per heavy atom. The molecule has 9 heteroatoms. The molecule has 0 saturated carbocycles. The van der Waals surface area contributed by atoms with Crippen LogP contribution in [-0.4, -0.2) is 47.5 Å². The predicted molar refractivity (Wildman–Crippen MR) is 34.1 cm³/mol. The maximum absolute atomic E-state index is 10.1. The largest absolute Gasteiger partial charge is 1.00 e. The zero-order chi connectivity index (χ0) is 10.4. The van der Waals surface area contributed by atoms with Gasteiger partial charge in [-0.05, 0) is 0 Å². The first-order valence-corrected chi connectivity index (χ1v) is 3.25. The Balaban J connectivity index is -0.000000720. The second kappa shape index (κ2) is 11.5. The van der Waals surface area contributed by atoms with E-state index in [0.29, 0.717) is 4.90 Å². The molecule has 0 aromatic heterocycles. The SMILES string of the molecule is O=C([O-])CN(CC(=O)[O-])CC(=O)O.[K+].[Na+]. The third-order valence-corrected chi connectivity index (χ3v) is 1.06. The summed E-state index contributed by atoms with van der Waals surface area (Å²) in [5.74, 6) is -4.40. The van der Waals surface area contributed by atoms with E-state index in [2.05, 4.69) is 0 Å². The summed E-state index contributed by atoms with van der Waals surface area (Å²) in [6.45, 7) is -2.18. The van der Waals surface area contributed by atoms with Gasteiger partial charge >= 0.3 is 86.9 Å². The molecule has 0 rings (SSSR count). The standard InChI is InChI=1S/C6H9NO6.K.Na/c8-4(9)1-7(2-5(10)11)3-6(12)13;;/h1-3H2,(H,8,9)(H,10,11)(H,12,13);;/q;2*+1/p-2. The first-order valence-electron chi connectivity index (χ1n) is 3.25. The number of carboxylic acids is 3. The molecule has 0 bridgehead atoms. The van der Waals surface area contributed by atoms with Gasteiger partial charge in [0, 0.05) is 13.1 Å². The maximum Gasteiger partial charge on any atom is 1.00 e. The molecular formula is C6H7KNNaO6. The van der Waals surface area contributed by atoms with Gasteiger partial charge < -0.3 is 24.9 Å². The Morgan fingerprint density at radius 3 is 1.53 bits per heavy atom. The molecule has 0 radical (unpaired) electrons. The molecule has 0 atom stereocenters. The van der Waals surface area contributed by atoms with Crippen molar-refractivity contribution < 1.29 is 111 Å². The number of aliphatic carboxylic acids is 3. The fourth-order valence-corrected chi connectivity index (χ4v) is 0.724. The maximum atomic E-state index is 10.1. The first-order chi connectivity index (χ1) is 5.91. The van der Waals surface area contributed by atoms with Crippen molar-refractivity contribution in [2.75, 3.05) is 19.6 Å². The second-order valence-corrected chi connectivity index (χ2v) is 2.28. The molecule has 0 amide bonds. The van der Waals surface area contributed by atoms with E-state index in [-0.39, 0.29) is 80.9 Å². The molecule has 0 aliphatic carbocycles.